The first-order valence-corrected chi connectivity index (χ1v) is 11.6. The van der Waals surface area contributed by atoms with Crippen molar-refractivity contribution in [1.29, 1.82) is 0 Å². The topological polar surface area (TPSA) is 66.9 Å². The number of hydrogen-bond donors (Lipinski definition) is 0. The van der Waals surface area contributed by atoms with Crippen LogP contribution in [-0.2, 0) is 14.8 Å². The van der Waals surface area contributed by atoms with Crippen LogP contribution in [0, 0.1) is 0 Å². The molecule has 0 unspecified atom stereocenters. The van der Waals surface area contributed by atoms with Crippen molar-refractivity contribution < 1.29 is 17.9 Å². The third-order valence-corrected chi connectivity index (χ3v) is 8.06. The van der Waals surface area contributed by atoms with Gasteiger partial charge in [-0.05, 0) is 50.3 Å². The fourth-order valence-electron chi connectivity index (χ4n) is 3.41. The van der Waals surface area contributed by atoms with Crippen molar-refractivity contribution >= 4 is 39.1 Å². The highest BCUT2D eigenvalue weighted by molar-refractivity contribution is 7.89. The lowest BCUT2D eigenvalue weighted by atomic mass is 9.94. The Hall–Kier alpha value is -1.02. The summed E-state index contributed by atoms with van der Waals surface area (Å²) in [6.45, 7) is 0.384. The first kappa shape index (κ1) is 23.3. The molecule has 0 saturated heterocycles. The van der Waals surface area contributed by atoms with Gasteiger partial charge in [-0.15, -0.1) is 0 Å². The van der Waals surface area contributed by atoms with E-state index in [-0.39, 0.29) is 17.2 Å². The van der Waals surface area contributed by atoms with Gasteiger partial charge in [0.25, 0.3) is 0 Å². The minimum Gasteiger partial charge on any atom is -0.492 e. The number of amides is 1. The maximum Gasteiger partial charge on any atom is 0.222 e. The highest BCUT2D eigenvalue weighted by Gasteiger charge is 2.34. The number of benzene rings is 1. The molecule has 0 heterocycles. The van der Waals surface area contributed by atoms with Gasteiger partial charge < -0.3 is 9.64 Å². The van der Waals surface area contributed by atoms with Gasteiger partial charge in [0.05, 0.1) is 16.9 Å². The molecule has 1 aliphatic carbocycles. The van der Waals surface area contributed by atoms with E-state index in [2.05, 4.69) is 0 Å². The van der Waals surface area contributed by atoms with Crippen LogP contribution in [0.3, 0.4) is 0 Å². The molecule has 0 bridgehead atoms. The summed E-state index contributed by atoms with van der Waals surface area (Å²) in [4.78, 5) is 14.2. The third kappa shape index (κ3) is 5.99. The Kier molecular flexibility index (Phi) is 8.43. The fourth-order valence-corrected chi connectivity index (χ4v) is 5.33. The van der Waals surface area contributed by atoms with Gasteiger partial charge in [-0.25, -0.2) is 12.7 Å². The molecule has 1 saturated carbocycles. The summed E-state index contributed by atoms with van der Waals surface area (Å²) in [5.41, 5.74) is 0. The lowest BCUT2D eigenvalue weighted by Gasteiger charge is -2.35. The second-order valence-corrected chi connectivity index (χ2v) is 10.6. The van der Waals surface area contributed by atoms with Crippen molar-refractivity contribution in [3.05, 3.63) is 28.2 Å². The minimum absolute atomic E-state index is 0.0460. The van der Waals surface area contributed by atoms with Gasteiger partial charge in [-0.1, -0.05) is 23.2 Å². The summed E-state index contributed by atoms with van der Waals surface area (Å²) < 4.78 is 31.4. The number of carbonyl (C=O) groups excluding carboxylic acids is 1. The predicted octanol–water partition coefficient (Wildman–Crippen LogP) is 3.81. The van der Waals surface area contributed by atoms with Crippen molar-refractivity contribution in [3.8, 4) is 5.75 Å². The molecule has 28 heavy (non-hydrogen) atoms. The Bertz CT molecular complexity index is 778. The normalized spacial score (nSPS) is 20.2. The van der Waals surface area contributed by atoms with Crippen molar-refractivity contribution in [2.45, 2.75) is 49.8 Å². The number of hydrogen-bond acceptors (Lipinski definition) is 4. The fraction of sp³-hybridized carbons (Fsp3) is 0.632. The molecule has 2 rings (SSSR count). The molecule has 1 amide bonds. The van der Waals surface area contributed by atoms with Gasteiger partial charge in [-0.2, -0.15) is 0 Å². The van der Waals surface area contributed by atoms with Crippen LogP contribution in [0.15, 0.2) is 18.2 Å². The largest absolute Gasteiger partial charge is 0.492 e. The molecule has 1 aromatic rings. The molecule has 1 fully saturated rings. The molecule has 9 heteroatoms. The SMILES string of the molecule is CN(C(=O)CCCOc1ccc(Cl)cc1Cl)C1CCC(S(=O)(=O)N(C)C)CC1. The van der Waals surface area contributed by atoms with Gasteiger partial charge in [0.15, 0.2) is 0 Å². The highest BCUT2D eigenvalue weighted by Crippen LogP contribution is 2.29. The Morgan fingerprint density at radius 3 is 2.36 bits per heavy atom. The van der Waals surface area contributed by atoms with E-state index in [1.165, 1.54) is 4.31 Å². The molecule has 0 spiro atoms. The smallest absolute Gasteiger partial charge is 0.222 e. The average Bonchev–Trinajstić information content (AvgIpc) is 2.65. The van der Waals surface area contributed by atoms with E-state index in [1.54, 1.807) is 44.2 Å². The summed E-state index contributed by atoms with van der Waals surface area (Å²) in [7, 11) is 1.70. The molecule has 6 nitrogen and oxygen atoms in total. The Labute approximate surface area is 177 Å². The average molecular weight is 451 g/mol. The molecule has 158 valence electrons. The van der Waals surface area contributed by atoms with Gasteiger partial charge in [0.1, 0.15) is 5.75 Å². The number of carbonyl (C=O) groups is 1. The number of sulfonamides is 1. The zero-order chi connectivity index (χ0) is 20.9. The van der Waals surface area contributed by atoms with Crippen LogP contribution in [0.4, 0.5) is 0 Å². The first-order valence-electron chi connectivity index (χ1n) is 9.37. The minimum atomic E-state index is -3.23. The Morgan fingerprint density at radius 1 is 1.14 bits per heavy atom. The van der Waals surface area contributed by atoms with E-state index in [0.717, 1.165) is 0 Å². The van der Waals surface area contributed by atoms with Gasteiger partial charge in [0.2, 0.25) is 15.9 Å². The van der Waals surface area contributed by atoms with E-state index >= 15 is 0 Å². The summed E-state index contributed by atoms with van der Waals surface area (Å²) in [6, 6.07) is 5.12. The van der Waals surface area contributed by atoms with Crippen LogP contribution in [0.2, 0.25) is 10.0 Å². The number of halogens is 2. The zero-order valence-corrected chi connectivity index (χ0v) is 18.9. The van der Waals surface area contributed by atoms with Crippen LogP contribution in [0.25, 0.3) is 0 Å². The van der Waals surface area contributed by atoms with Gasteiger partial charge in [-0.3, -0.25) is 4.79 Å². The van der Waals surface area contributed by atoms with E-state index in [0.29, 0.717) is 60.9 Å². The van der Waals surface area contributed by atoms with Crippen LogP contribution in [-0.4, -0.2) is 62.6 Å². The van der Waals surface area contributed by atoms with E-state index < -0.39 is 10.0 Å². The van der Waals surface area contributed by atoms with E-state index in [4.69, 9.17) is 27.9 Å². The molecule has 1 aromatic carbocycles. The van der Waals surface area contributed by atoms with Crippen LogP contribution in [0.5, 0.6) is 5.75 Å². The molecule has 0 N–H and O–H groups in total. The van der Waals surface area contributed by atoms with Gasteiger partial charge >= 0.3 is 0 Å². The second kappa shape index (κ2) is 10.1. The second-order valence-electron chi connectivity index (χ2n) is 7.29. The van der Waals surface area contributed by atoms with Gasteiger partial charge in [0, 0.05) is 38.6 Å². The lowest BCUT2D eigenvalue weighted by molar-refractivity contribution is -0.132. The maximum absolute atomic E-state index is 12.5. The summed E-state index contributed by atoms with van der Waals surface area (Å²) in [5.74, 6) is 0.594. The maximum atomic E-state index is 12.5. The molecule has 0 radical (unpaired) electrons. The zero-order valence-electron chi connectivity index (χ0n) is 16.5. The quantitative estimate of drug-likeness (QED) is 0.564. The van der Waals surface area contributed by atoms with Crippen molar-refractivity contribution in [3.63, 3.8) is 0 Å². The molecular formula is C19H28Cl2N2O4S. The Morgan fingerprint density at radius 2 is 1.79 bits per heavy atom. The Balaban J connectivity index is 1.74. The highest BCUT2D eigenvalue weighted by atomic mass is 35.5. The van der Waals surface area contributed by atoms with E-state index in [9.17, 15) is 13.2 Å². The molecule has 0 atom stereocenters. The van der Waals surface area contributed by atoms with E-state index in [1.807, 2.05) is 0 Å². The van der Waals surface area contributed by atoms with Crippen molar-refractivity contribution in [2.75, 3.05) is 27.7 Å². The standard InChI is InChI=1S/C19H28Cl2N2O4S/c1-22(2)28(25,26)16-9-7-15(8-10-16)23(3)19(24)5-4-12-27-18-11-6-14(20)13-17(18)21/h6,11,13,15-16H,4-5,7-10,12H2,1-3H3. The first-order chi connectivity index (χ1) is 13.1. The van der Waals surface area contributed by atoms with Crippen LogP contribution >= 0.6 is 23.2 Å². The molecule has 1 aliphatic rings. The number of nitrogens with zero attached hydrogens (tertiary/aromatic N) is 2. The van der Waals surface area contributed by atoms with Crippen LogP contribution < -0.4 is 4.74 Å². The van der Waals surface area contributed by atoms with Crippen molar-refractivity contribution in [2.24, 2.45) is 0 Å². The number of ether oxygens (including phenoxy) is 1. The van der Waals surface area contributed by atoms with Crippen LogP contribution in [0.1, 0.15) is 38.5 Å². The lowest BCUT2D eigenvalue weighted by Crippen LogP contribution is -2.43. The summed E-state index contributed by atoms with van der Waals surface area (Å²) in [6.07, 6.45) is 3.53. The monoisotopic (exact) mass is 450 g/mol. The molecule has 0 aliphatic heterocycles. The molecule has 0 aromatic heterocycles. The summed E-state index contributed by atoms with van der Waals surface area (Å²) in [5, 5.41) is 0.641. The predicted molar refractivity (Wildman–Crippen MR) is 113 cm³/mol. The number of rotatable bonds is 8. The van der Waals surface area contributed by atoms with Crippen molar-refractivity contribution in [1.82, 2.24) is 9.21 Å². The molecular weight excluding hydrogens is 423 g/mol. The summed E-state index contributed by atoms with van der Waals surface area (Å²) >= 11 is 11.9. The third-order valence-electron chi connectivity index (χ3n) is 5.20.